The first kappa shape index (κ1) is 14.2. The van der Waals surface area contributed by atoms with Crippen molar-refractivity contribution in [3.63, 3.8) is 0 Å². The van der Waals surface area contributed by atoms with Crippen molar-refractivity contribution in [3.8, 4) is 0 Å². The Hall–Kier alpha value is -0.780. The van der Waals surface area contributed by atoms with Gasteiger partial charge in [0.05, 0.1) is 0 Å². The highest BCUT2D eigenvalue weighted by atomic mass is 79.9. The molecule has 1 atom stereocenters. The number of nitrogens with zero attached hydrogens (tertiary/aromatic N) is 1. The zero-order valence-corrected chi connectivity index (χ0v) is 9.89. The zero-order valence-electron chi connectivity index (χ0n) is 8.31. The standard InChI is InChI=1S/C9H11BrF3NO/c1-6(10)4-5-8(14-3)15-7(2)9(11,12)13/h4-5,7H,3H2,1-2H3/b6-4+,8-5+/t7-/m1/s1. The summed E-state index contributed by atoms with van der Waals surface area (Å²) in [6.45, 7) is 5.75. The quantitative estimate of drug-likeness (QED) is 0.437. The molecule has 0 aliphatic rings. The van der Waals surface area contributed by atoms with Gasteiger partial charge in [0.15, 0.2) is 6.10 Å². The van der Waals surface area contributed by atoms with E-state index in [1.807, 2.05) is 0 Å². The van der Waals surface area contributed by atoms with Gasteiger partial charge in [-0.25, -0.2) is 4.99 Å². The highest BCUT2D eigenvalue weighted by Crippen LogP contribution is 2.24. The molecule has 6 heteroatoms. The summed E-state index contributed by atoms with van der Waals surface area (Å²) in [7, 11) is 0. The number of aliphatic imine (C=N–C) groups is 1. The van der Waals surface area contributed by atoms with Crippen LogP contribution >= 0.6 is 15.9 Å². The Morgan fingerprint density at radius 3 is 2.33 bits per heavy atom. The van der Waals surface area contributed by atoms with Crippen LogP contribution in [0, 0.1) is 0 Å². The topological polar surface area (TPSA) is 21.6 Å². The largest absolute Gasteiger partial charge is 0.465 e. The van der Waals surface area contributed by atoms with Gasteiger partial charge in [-0.1, -0.05) is 15.9 Å². The summed E-state index contributed by atoms with van der Waals surface area (Å²) in [5, 5.41) is 0. The first-order chi connectivity index (χ1) is 6.77. The molecule has 0 aromatic rings. The van der Waals surface area contributed by atoms with Crippen molar-refractivity contribution in [2.75, 3.05) is 0 Å². The van der Waals surface area contributed by atoms with E-state index in [1.54, 1.807) is 6.92 Å². The number of allylic oxidation sites excluding steroid dienone is 3. The van der Waals surface area contributed by atoms with Crippen molar-refractivity contribution in [1.82, 2.24) is 0 Å². The molecule has 0 radical (unpaired) electrons. The Bertz CT molecular complexity index is 280. The van der Waals surface area contributed by atoms with Gasteiger partial charge in [-0.2, -0.15) is 13.2 Å². The summed E-state index contributed by atoms with van der Waals surface area (Å²) in [4.78, 5) is 3.34. The highest BCUT2D eigenvalue weighted by Gasteiger charge is 2.38. The molecule has 0 amide bonds. The second-order valence-electron chi connectivity index (χ2n) is 2.72. The molecule has 0 aliphatic carbocycles. The van der Waals surface area contributed by atoms with E-state index in [9.17, 15) is 13.2 Å². The summed E-state index contributed by atoms with van der Waals surface area (Å²) in [6.07, 6.45) is -3.48. The molecule has 2 nitrogen and oxygen atoms in total. The molecule has 15 heavy (non-hydrogen) atoms. The SMILES string of the molecule is C=N/C(=C\C=C(/C)Br)O[C@H](C)C(F)(F)F. The van der Waals surface area contributed by atoms with Gasteiger partial charge in [0.25, 0.3) is 0 Å². The molecule has 0 bridgehead atoms. The maximum Gasteiger partial charge on any atom is 0.425 e. The van der Waals surface area contributed by atoms with Crippen molar-refractivity contribution in [2.45, 2.75) is 26.1 Å². The molecule has 0 fully saturated rings. The van der Waals surface area contributed by atoms with E-state index in [0.29, 0.717) is 0 Å². The van der Waals surface area contributed by atoms with Crippen LogP contribution in [0.4, 0.5) is 13.2 Å². The fourth-order valence-corrected chi connectivity index (χ4v) is 0.695. The van der Waals surface area contributed by atoms with Gasteiger partial charge >= 0.3 is 6.18 Å². The Kier molecular flexibility index (Phi) is 5.64. The first-order valence-electron chi connectivity index (χ1n) is 4.01. The molecule has 0 aromatic carbocycles. The monoisotopic (exact) mass is 285 g/mol. The van der Waals surface area contributed by atoms with Crippen LogP contribution in [0.2, 0.25) is 0 Å². The summed E-state index contributed by atoms with van der Waals surface area (Å²) in [5.41, 5.74) is 0. The first-order valence-corrected chi connectivity index (χ1v) is 4.81. The van der Waals surface area contributed by atoms with Crippen LogP contribution in [-0.2, 0) is 4.74 Å². The van der Waals surface area contributed by atoms with Gasteiger partial charge in [0.2, 0.25) is 5.88 Å². The number of hydrogen-bond acceptors (Lipinski definition) is 2. The Morgan fingerprint density at radius 2 is 2.00 bits per heavy atom. The van der Waals surface area contributed by atoms with E-state index >= 15 is 0 Å². The number of rotatable bonds is 4. The van der Waals surface area contributed by atoms with E-state index in [2.05, 4.69) is 32.4 Å². The van der Waals surface area contributed by atoms with Crippen molar-refractivity contribution in [3.05, 3.63) is 22.5 Å². The third-order valence-corrected chi connectivity index (χ3v) is 1.63. The van der Waals surface area contributed by atoms with Crippen LogP contribution in [0.15, 0.2) is 27.5 Å². The van der Waals surface area contributed by atoms with Crippen LogP contribution in [0.1, 0.15) is 13.8 Å². The molecule has 0 spiro atoms. The minimum atomic E-state index is -4.41. The number of halogens is 4. The van der Waals surface area contributed by atoms with E-state index in [4.69, 9.17) is 0 Å². The predicted molar refractivity (Wildman–Crippen MR) is 56.9 cm³/mol. The number of hydrogen-bond donors (Lipinski definition) is 0. The fourth-order valence-electron chi connectivity index (χ4n) is 0.563. The molecule has 0 saturated carbocycles. The lowest BCUT2D eigenvalue weighted by molar-refractivity contribution is -0.203. The number of alkyl halides is 3. The van der Waals surface area contributed by atoms with Gasteiger partial charge < -0.3 is 4.74 Å². The Balaban J connectivity index is 4.54. The minimum Gasteiger partial charge on any atom is -0.465 e. The smallest absolute Gasteiger partial charge is 0.425 e. The third-order valence-electron chi connectivity index (χ3n) is 1.37. The maximum atomic E-state index is 12.1. The fraction of sp³-hybridized carbons (Fsp3) is 0.444. The highest BCUT2D eigenvalue weighted by molar-refractivity contribution is 9.11. The molecule has 0 rings (SSSR count). The van der Waals surface area contributed by atoms with Crippen LogP contribution in [-0.4, -0.2) is 19.0 Å². The van der Waals surface area contributed by atoms with Gasteiger partial charge in [-0.05, 0) is 31.1 Å². The van der Waals surface area contributed by atoms with Gasteiger partial charge in [0.1, 0.15) is 0 Å². The van der Waals surface area contributed by atoms with E-state index in [-0.39, 0.29) is 5.88 Å². The molecule has 0 aliphatic heterocycles. The minimum absolute atomic E-state index is 0.168. The zero-order chi connectivity index (χ0) is 12.1. The van der Waals surface area contributed by atoms with Crippen molar-refractivity contribution < 1.29 is 17.9 Å². The van der Waals surface area contributed by atoms with Crippen molar-refractivity contribution >= 4 is 22.6 Å². The van der Waals surface area contributed by atoms with Crippen LogP contribution in [0.25, 0.3) is 0 Å². The summed E-state index contributed by atoms with van der Waals surface area (Å²) in [5.74, 6) is -0.168. The molecule has 0 aromatic heterocycles. The molecule has 0 N–H and O–H groups in total. The lowest BCUT2D eigenvalue weighted by Gasteiger charge is -2.17. The van der Waals surface area contributed by atoms with Gasteiger partial charge in [0, 0.05) is 6.08 Å². The normalized spacial score (nSPS) is 16.1. The van der Waals surface area contributed by atoms with Gasteiger partial charge in [-0.3, -0.25) is 0 Å². The molecular formula is C9H11BrF3NO. The average molecular weight is 286 g/mol. The maximum absolute atomic E-state index is 12.1. The summed E-state index contributed by atoms with van der Waals surface area (Å²) < 4.78 is 41.6. The molecular weight excluding hydrogens is 275 g/mol. The van der Waals surface area contributed by atoms with E-state index in [0.717, 1.165) is 11.4 Å². The predicted octanol–water partition coefficient (Wildman–Crippen LogP) is 3.79. The van der Waals surface area contributed by atoms with Gasteiger partial charge in [-0.15, -0.1) is 0 Å². The van der Waals surface area contributed by atoms with Crippen LogP contribution in [0.3, 0.4) is 0 Å². The Morgan fingerprint density at radius 1 is 1.47 bits per heavy atom. The lowest BCUT2D eigenvalue weighted by atomic mass is 10.4. The van der Waals surface area contributed by atoms with Crippen molar-refractivity contribution in [1.29, 1.82) is 0 Å². The second kappa shape index (κ2) is 5.95. The van der Waals surface area contributed by atoms with E-state index in [1.165, 1.54) is 12.2 Å². The molecule has 86 valence electrons. The van der Waals surface area contributed by atoms with Crippen LogP contribution in [0.5, 0.6) is 0 Å². The average Bonchev–Trinajstić information content (AvgIpc) is 2.09. The van der Waals surface area contributed by atoms with Crippen LogP contribution < -0.4 is 0 Å². The summed E-state index contributed by atoms with van der Waals surface area (Å²) >= 11 is 3.11. The molecule has 0 heterocycles. The third kappa shape index (κ3) is 6.33. The second-order valence-corrected chi connectivity index (χ2v) is 3.97. The molecule has 0 saturated heterocycles. The van der Waals surface area contributed by atoms with Crippen molar-refractivity contribution in [2.24, 2.45) is 4.99 Å². The Labute approximate surface area is 94.7 Å². The van der Waals surface area contributed by atoms with E-state index < -0.39 is 12.3 Å². The number of ether oxygens (including phenoxy) is 1. The summed E-state index contributed by atoms with van der Waals surface area (Å²) in [6, 6.07) is 0. The molecule has 0 unspecified atom stereocenters. The lowest BCUT2D eigenvalue weighted by Crippen LogP contribution is -2.27.